The lowest BCUT2D eigenvalue weighted by atomic mass is 10.1. The smallest absolute Gasteiger partial charge is 0.0992 e. The molecule has 0 fully saturated rings. The van der Waals surface area contributed by atoms with Gasteiger partial charge >= 0.3 is 0 Å². The van der Waals surface area contributed by atoms with Gasteiger partial charge in [-0.25, -0.2) is 4.98 Å². The molecule has 0 aliphatic rings. The van der Waals surface area contributed by atoms with Crippen molar-refractivity contribution in [1.82, 2.24) is 9.38 Å². The minimum absolute atomic E-state index is 0.175. The highest BCUT2D eigenvalue weighted by molar-refractivity contribution is 5.81. The second kappa shape index (κ2) is 2.90. The second-order valence-corrected chi connectivity index (χ2v) is 2.92. The maximum atomic E-state index is 7.21. The Morgan fingerprint density at radius 3 is 3.23 bits per heavy atom. The minimum atomic E-state index is 0.175. The number of pyridine rings is 1. The van der Waals surface area contributed by atoms with E-state index >= 15 is 0 Å². The number of hydrogen-bond donors (Lipinski definition) is 2. The highest BCUT2D eigenvalue weighted by atomic mass is 15.0. The zero-order chi connectivity index (χ0) is 9.26. The lowest BCUT2D eigenvalue weighted by molar-refractivity contribution is 1.13. The molecule has 2 aromatic rings. The van der Waals surface area contributed by atoms with E-state index in [1.165, 1.54) is 0 Å². The predicted octanol–water partition coefficient (Wildman–Crippen LogP) is 0.813. The number of amidine groups is 1. The molecule has 0 amide bonds. The molecule has 0 bridgehead atoms. The van der Waals surface area contributed by atoms with Crippen LogP contribution < -0.4 is 5.73 Å². The van der Waals surface area contributed by atoms with Crippen LogP contribution in [0.4, 0.5) is 0 Å². The van der Waals surface area contributed by atoms with Crippen molar-refractivity contribution in [2.75, 3.05) is 0 Å². The van der Waals surface area contributed by atoms with E-state index in [1.54, 1.807) is 12.5 Å². The fourth-order valence-corrected chi connectivity index (χ4v) is 1.36. The number of aromatic nitrogens is 2. The van der Waals surface area contributed by atoms with E-state index < -0.39 is 0 Å². The Morgan fingerprint density at radius 1 is 1.62 bits per heavy atom. The van der Waals surface area contributed by atoms with Crippen molar-refractivity contribution >= 4 is 11.4 Å². The molecule has 0 atom stereocenters. The summed E-state index contributed by atoms with van der Waals surface area (Å²) in [4.78, 5) is 4.02. The Morgan fingerprint density at radius 2 is 2.46 bits per heavy atom. The number of hydrogen-bond acceptors (Lipinski definition) is 2. The first-order valence-electron chi connectivity index (χ1n) is 4.00. The van der Waals surface area contributed by atoms with Gasteiger partial charge in [0, 0.05) is 12.6 Å². The molecule has 2 aromatic heterocycles. The molecule has 3 N–H and O–H groups in total. The monoisotopic (exact) mass is 174 g/mol. The van der Waals surface area contributed by atoms with Crippen LogP contribution in [0.25, 0.3) is 5.52 Å². The Hall–Kier alpha value is -1.84. The molecule has 0 aliphatic heterocycles. The summed E-state index contributed by atoms with van der Waals surface area (Å²) in [6, 6.07) is 3.88. The summed E-state index contributed by atoms with van der Waals surface area (Å²) in [6.45, 7) is 0. The van der Waals surface area contributed by atoms with Crippen molar-refractivity contribution in [3.63, 3.8) is 0 Å². The molecule has 0 unspecified atom stereocenters. The van der Waals surface area contributed by atoms with Gasteiger partial charge in [0.2, 0.25) is 0 Å². The van der Waals surface area contributed by atoms with Crippen molar-refractivity contribution in [2.45, 2.75) is 6.42 Å². The van der Waals surface area contributed by atoms with Crippen LogP contribution in [0.1, 0.15) is 5.56 Å². The van der Waals surface area contributed by atoms with Crippen LogP contribution in [0, 0.1) is 5.41 Å². The number of fused-ring (bicyclic) bond motifs is 1. The SMILES string of the molecule is N=C(N)Cc1cccn2cncc12. The van der Waals surface area contributed by atoms with Crippen LogP contribution in [-0.4, -0.2) is 15.2 Å². The van der Waals surface area contributed by atoms with Crippen LogP contribution in [0.15, 0.2) is 30.9 Å². The van der Waals surface area contributed by atoms with Crippen LogP contribution in [0.2, 0.25) is 0 Å². The third-order valence-electron chi connectivity index (χ3n) is 1.92. The Balaban J connectivity index is 2.54. The summed E-state index contributed by atoms with van der Waals surface area (Å²) < 4.78 is 1.91. The maximum absolute atomic E-state index is 7.21. The predicted molar refractivity (Wildman–Crippen MR) is 50.8 cm³/mol. The third-order valence-corrected chi connectivity index (χ3v) is 1.92. The number of rotatable bonds is 2. The molecule has 2 heterocycles. The number of nitrogens with zero attached hydrogens (tertiary/aromatic N) is 2. The number of nitrogens with one attached hydrogen (secondary N) is 1. The summed E-state index contributed by atoms with van der Waals surface area (Å²) in [5.41, 5.74) is 7.38. The maximum Gasteiger partial charge on any atom is 0.0992 e. The normalized spacial score (nSPS) is 10.5. The van der Waals surface area contributed by atoms with Crippen molar-refractivity contribution in [3.05, 3.63) is 36.4 Å². The summed E-state index contributed by atoms with van der Waals surface area (Å²) in [6.07, 6.45) is 5.92. The molecular formula is C9H10N4. The fourth-order valence-electron chi connectivity index (χ4n) is 1.36. The Labute approximate surface area is 75.5 Å². The van der Waals surface area contributed by atoms with Gasteiger partial charge in [-0.1, -0.05) is 6.07 Å². The van der Waals surface area contributed by atoms with Gasteiger partial charge < -0.3 is 10.1 Å². The van der Waals surface area contributed by atoms with Crippen molar-refractivity contribution in [3.8, 4) is 0 Å². The van der Waals surface area contributed by atoms with Crippen LogP contribution in [0.3, 0.4) is 0 Å². The Kier molecular flexibility index (Phi) is 1.73. The first kappa shape index (κ1) is 7.79. The Bertz CT molecular complexity index is 444. The molecule has 66 valence electrons. The zero-order valence-corrected chi connectivity index (χ0v) is 7.07. The average molecular weight is 174 g/mol. The third kappa shape index (κ3) is 1.38. The lowest BCUT2D eigenvalue weighted by Gasteiger charge is -2.01. The summed E-state index contributed by atoms with van der Waals surface area (Å²) in [7, 11) is 0. The van der Waals surface area contributed by atoms with Gasteiger partial charge in [0.05, 0.1) is 23.9 Å². The van der Waals surface area contributed by atoms with E-state index in [-0.39, 0.29) is 5.84 Å². The van der Waals surface area contributed by atoms with Crippen LogP contribution in [0.5, 0.6) is 0 Å². The molecule has 0 saturated heterocycles. The van der Waals surface area contributed by atoms with Crippen molar-refractivity contribution in [1.29, 1.82) is 5.41 Å². The lowest BCUT2D eigenvalue weighted by Crippen LogP contribution is -2.13. The van der Waals surface area contributed by atoms with Crippen molar-refractivity contribution < 1.29 is 0 Å². The molecule has 0 aromatic carbocycles. The van der Waals surface area contributed by atoms with E-state index in [0.717, 1.165) is 11.1 Å². The molecular weight excluding hydrogens is 164 g/mol. The minimum Gasteiger partial charge on any atom is -0.387 e. The topological polar surface area (TPSA) is 67.2 Å². The molecule has 0 saturated carbocycles. The fraction of sp³-hybridized carbons (Fsp3) is 0.111. The van der Waals surface area contributed by atoms with Gasteiger partial charge in [-0.05, 0) is 11.6 Å². The molecule has 13 heavy (non-hydrogen) atoms. The second-order valence-electron chi connectivity index (χ2n) is 2.92. The highest BCUT2D eigenvalue weighted by Gasteiger charge is 2.01. The van der Waals surface area contributed by atoms with E-state index in [0.29, 0.717) is 6.42 Å². The first-order chi connectivity index (χ1) is 6.27. The highest BCUT2D eigenvalue weighted by Crippen LogP contribution is 2.09. The molecule has 2 rings (SSSR count). The zero-order valence-electron chi connectivity index (χ0n) is 7.07. The van der Waals surface area contributed by atoms with Gasteiger partial charge in [-0.2, -0.15) is 0 Å². The van der Waals surface area contributed by atoms with Crippen molar-refractivity contribution in [2.24, 2.45) is 5.73 Å². The van der Waals surface area contributed by atoms with Gasteiger partial charge in [0.1, 0.15) is 0 Å². The summed E-state index contributed by atoms with van der Waals surface area (Å²) >= 11 is 0. The van der Waals surface area contributed by atoms with E-state index in [9.17, 15) is 0 Å². The summed E-state index contributed by atoms with van der Waals surface area (Å²) in [5.74, 6) is 0.175. The number of nitrogens with two attached hydrogens (primary N) is 1. The quantitative estimate of drug-likeness (QED) is 0.522. The average Bonchev–Trinajstić information content (AvgIpc) is 2.51. The summed E-state index contributed by atoms with van der Waals surface area (Å²) in [5, 5.41) is 7.21. The van der Waals surface area contributed by atoms with Gasteiger partial charge in [0.15, 0.2) is 0 Å². The van der Waals surface area contributed by atoms with Gasteiger partial charge in [-0.15, -0.1) is 0 Å². The largest absolute Gasteiger partial charge is 0.387 e. The van der Waals surface area contributed by atoms with E-state index in [1.807, 2.05) is 22.7 Å². The molecule has 0 spiro atoms. The van der Waals surface area contributed by atoms with Crippen LogP contribution >= 0.6 is 0 Å². The molecule has 4 heteroatoms. The standard InChI is InChI=1S/C9H10N4/c10-9(11)4-7-2-1-3-13-6-12-5-8(7)13/h1-3,5-6H,4H2,(H3,10,11). The van der Waals surface area contributed by atoms with Gasteiger partial charge in [0.25, 0.3) is 0 Å². The van der Waals surface area contributed by atoms with E-state index in [2.05, 4.69) is 4.98 Å². The van der Waals surface area contributed by atoms with Crippen LogP contribution in [-0.2, 0) is 6.42 Å². The molecule has 0 aliphatic carbocycles. The molecule has 4 nitrogen and oxygen atoms in total. The van der Waals surface area contributed by atoms with Gasteiger partial charge in [-0.3, -0.25) is 5.41 Å². The number of imidazole rings is 1. The first-order valence-corrected chi connectivity index (χ1v) is 4.00. The van der Waals surface area contributed by atoms with E-state index in [4.69, 9.17) is 11.1 Å². The molecule has 0 radical (unpaired) electrons.